The molecule has 0 fully saturated rings. The third kappa shape index (κ3) is 2.27. The van der Waals surface area contributed by atoms with Crippen LogP contribution in [-0.4, -0.2) is 4.57 Å². The molecular formula is C19H19N. The molecule has 0 aliphatic rings. The average molecular weight is 261 g/mol. The summed E-state index contributed by atoms with van der Waals surface area (Å²) in [4.78, 5) is 0. The quantitative estimate of drug-likeness (QED) is 0.563. The summed E-state index contributed by atoms with van der Waals surface area (Å²) in [5, 5.41) is 1.29. The maximum Gasteiger partial charge on any atom is 0.0494 e. The SMILES string of the molecule is C=C(CC)Cn1c(-c2ccccc2)cc2ccccc21. The van der Waals surface area contributed by atoms with Gasteiger partial charge in [0.2, 0.25) is 0 Å². The first-order valence-corrected chi connectivity index (χ1v) is 7.10. The van der Waals surface area contributed by atoms with Crippen molar-refractivity contribution < 1.29 is 0 Å². The molecule has 0 spiro atoms. The zero-order chi connectivity index (χ0) is 13.9. The lowest BCUT2D eigenvalue weighted by Gasteiger charge is -2.12. The molecule has 1 heteroatoms. The zero-order valence-corrected chi connectivity index (χ0v) is 11.8. The number of hydrogen-bond donors (Lipinski definition) is 0. The Morgan fingerprint density at radius 1 is 1.00 bits per heavy atom. The minimum Gasteiger partial charge on any atom is -0.336 e. The van der Waals surface area contributed by atoms with Crippen LogP contribution in [-0.2, 0) is 6.54 Å². The second-order valence-electron chi connectivity index (χ2n) is 5.14. The summed E-state index contributed by atoms with van der Waals surface area (Å²) in [5.41, 5.74) is 5.05. The number of aromatic nitrogens is 1. The van der Waals surface area contributed by atoms with Gasteiger partial charge in [-0.3, -0.25) is 0 Å². The number of allylic oxidation sites excluding steroid dienone is 1. The maximum atomic E-state index is 4.17. The van der Waals surface area contributed by atoms with E-state index in [0.29, 0.717) is 0 Å². The Bertz CT molecular complexity index is 735. The van der Waals surface area contributed by atoms with Crippen LogP contribution < -0.4 is 0 Å². The molecule has 1 nitrogen and oxygen atoms in total. The molecule has 0 aliphatic carbocycles. The fourth-order valence-electron chi connectivity index (χ4n) is 2.56. The van der Waals surface area contributed by atoms with Crippen molar-refractivity contribution in [2.75, 3.05) is 0 Å². The largest absolute Gasteiger partial charge is 0.336 e. The van der Waals surface area contributed by atoms with Gasteiger partial charge in [-0.25, -0.2) is 0 Å². The lowest BCUT2D eigenvalue weighted by molar-refractivity contribution is 0.797. The Morgan fingerprint density at radius 3 is 2.45 bits per heavy atom. The molecule has 0 radical (unpaired) electrons. The first-order chi connectivity index (χ1) is 9.79. The molecule has 0 N–H and O–H groups in total. The van der Waals surface area contributed by atoms with Gasteiger partial charge in [-0.1, -0.05) is 67.6 Å². The molecule has 0 bridgehead atoms. The van der Waals surface area contributed by atoms with Crippen LogP contribution in [0.15, 0.2) is 72.8 Å². The third-order valence-corrected chi connectivity index (χ3v) is 3.76. The van der Waals surface area contributed by atoms with E-state index < -0.39 is 0 Å². The standard InChI is InChI=1S/C19H19N/c1-3-15(2)14-20-18-12-8-7-11-17(18)13-19(20)16-9-5-4-6-10-16/h4-13H,2-3,14H2,1H3. The van der Waals surface area contributed by atoms with Crippen molar-refractivity contribution in [3.63, 3.8) is 0 Å². The molecule has 0 aliphatic heterocycles. The topological polar surface area (TPSA) is 4.93 Å². The van der Waals surface area contributed by atoms with E-state index in [1.54, 1.807) is 0 Å². The van der Waals surface area contributed by atoms with Crippen molar-refractivity contribution in [2.45, 2.75) is 19.9 Å². The summed E-state index contributed by atoms with van der Waals surface area (Å²) >= 11 is 0. The number of rotatable bonds is 4. The Hall–Kier alpha value is -2.28. The van der Waals surface area contributed by atoms with Crippen LogP contribution in [0.25, 0.3) is 22.2 Å². The van der Waals surface area contributed by atoms with Gasteiger partial charge < -0.3 is 4.57 Å². The van der Waals surface area contributed by atoms with Crippen molar-refractivity contribution >= 4 is 10.9 Å². The summed E-state index contributed by atoms with van der Waals surface area (Å²) in [6.07, 6.45) is 1.01. The molecule has 0 amide bonds. The maximum absolute atomic E-state index is 4.17. The number of hydrogen-bond acceptors (Lipinski definition) is 0. The third-order valence-electron chi connectivity index (χ3n) is 3.76. The molecule has 0 saturated heterocycles. The van der Waals surface area contributed by atoms with Gasteiger partial charge in [0.05, 0.1) is 0 Å². The lowest BCUT2D eigenvalue weighted by Crippen LogP contribution is -2.01. The second-order valence-corrected chi connectivity index (χ2v) is 5.14. The minimum atomic E-state index is 0.883. The van der Waals surface area contributed by atoms with E-state index in [1.165, 1.54) is 27.7 Å². The molecule has 20 heavy (non-hydrogen) atoms. The smallest absolute Gasteiger partial charge is 0.0494 e. The molecule has 0 unspecified atom stereocenters. The molecule has 3 aromatic rings. The highest BCUT2D eigenvalue weighted by Crippen LogP contribution is 2.29. The van der Waals surface area contributed by atoms with E-state index in [4.69, 9.17) is 0 Å². The lowest BCUT2D eigenvalue weighted by atomic mass is 10.1. The first kappa shape index (κ1) is 12.7. The Kier molecular flexibility index (Phi) is 3.42. The molecule has 100 valence electrons. The summed E-state index contributed by atoms with van der Waals surface area (Å²) in [7, 11) is 0. The van der Waals surface area contributed by atoms with E-state index in [1.807, 2.05) is 0 Å². The van der Waals surface area contributed by atoms with Crippen LogP contribution in [0.4, 0.5) is 0 Å². The van der Waals surface area contributed by atoms with Crippen molar-refractivity contribution in [1.29, 1.82) is 0 Å². The van der Waals surface area contributed by atoms with E-state index in [-0.39, 0.29) is 0 Å². The van der Waals surface area contributed by atoms with E-state index >= 15 is 0 Å². The van der Waals surface area contributed by atoms with Gasteiger partial charge >= 0.3 is 0 Å². The number of fused-ring (bicyclic) bond motifs is 1. The van der Waals surface area contributed by atoms with Crippen LogP contribution in [0, 0.1) is 0 Å². The average Bonchev–Trinajstić information content (AvgIpc) is 2.87. The van der Waals surface area contributed by atoms with E-state index in [2.05, 4.69) is 78.7 Å². The Labute approximate surface area is 120 Å². The summed E-state index contributed by atoms with van der Waals surface area (Å²) in [6, 6.07) is 21.4. The van der Waals surface area contributed by atoms with Gasteiger partial charge in [-0.15, -0.1) is 0 Å². The van der Waals surface area contributed by atoms with Crippen molar-refractivity contribution in [2.24, 2.45) is 0 Å². The van der Waals surface area contributed by atoms with Gasteiger partial charge in [0, 0.05) is 23.1 Å². The van der Waals surface area contributed by atoms with Gasteiger partial charge in [0.15, 0.2) is 0 Å². The van der Waals surface area contributed by atoms with Gasteiger partial charge in [-0.2, -0.15) is 0 Å². The molecule has 1 aromatic heterocycles. The van der Waals surface area contributed by atoms with Gasteiger partial charge in [-0.05, 0) is 24.1 Å². The fraction of sp³-hybridized carbons (Fsp3) is 0.158. The molecular weight excluding hydrogens is 242 g/mol. The van der Waals surface area contributed by atoms with Crippen molar-refractivity contribution in [3.05, 3.63) is 72.8 Å². The van der Waals surface area contributed by atoms with Crippen LogP contribution in [0.3, 0.4) is 0 Å². The van der Waals surface area contributed by atoms with Gasteiger partial charge in [0.25, 0.3) is 0 Å². The van der Waals surface area contributed by atoms with Crippen LogP contribution in [0.2, 0.25) is 0 Å². The Morgan fingerprint density at radius 2 is 1.70 bits per heavy atom. The van der Waals surface area contributed by atoms with Crippen LogP contribution >= 0.6 is 0 Å². The molecule has 0 atom stereocenters. The minimum absolute atomic E-state index is 0.883. The zero-order valence-electron chi connectivity index (χ0n) is 11.8. The molecule has 3 rings (SSSR count). The van der Waals surface area contributed by atoms with E-state index in [0.717, 1.165) is 13.0 Å². The van der Waals surface area contributed by atoms with Crippen molar-refractivity contribution in [3.8, 4) is 11.3 Å². The first-order valence-electron chi connectivity index (χ1n) is 7.10. The predicted molar refractivity (Wildman–Crippen MR) is 86.8 cm³/mol. The van der Waals surface area contributed by atoms with Crippen LogP contribution in [0.1, 0.15) is 13.3 Å². The summed E-state index contributed by atoms with van der Waals surface area (Å²) in [6.45, 7) is 7.21. The normalized spacial score (nSPS) is 10.8. The number of para-hydroxylation sites is 1. The van der Waals surface area contributed by atoms with Crippen molar-refractivity contribution in [1.82, 2.24) is 4.57 Å². The van der Waals surface area contributed by atoms with Crippen LogP contribution in [0.5, 0.6) is 0 Å². The number of nitrogens with zero attached hydrogens (tertiary/aromatic N) is 1. The summed E-state index contributed by atoms with van der Waals surface area (Å²) in [5.74, 6) is 0. The fourth-order valence-corrected chi connectivity index (χ4v) is 2.56. The summed E-state index contributed by atoms with van der Waals surface area (Å²) < 4.78 is 2.37. The highest BCUT2D eigenvalue weighted by atomic mass is 15.0. The molecule has 0 saturated carbocycles. The number of benzene rings is 2. The highest BCUT2D eigenvalue weighted by molar-refractivity contribution is 5.87. The second kappa shape index (κ2) is 5.38. The monoisotopic (exact) mass is 261 g/mol. The molecule has 1 heterocycles. The Balaban J connectivity index is 2.20. The predicted octanol–water partition coefficient (Wildman–Crippen LogP) is 5.27. The van der Waals surface area contributed by atoms with E-state index in [9.17, 15) is 0 Å². The highest BCUT2D eigenvalue weighted by Gasteiger charge is 2.10. The van der Waals surface area contributed by atoms with Gasteiger partial charge in [0.1, 0.15) is 0 Å². The molecule has 2 aromatic carbocycles.